The third-order valence-corrected chi connectivity index (χ3v) is 5.56. The molecule has 0 aliphatic carbocycles. The van der Waals surface area contributed by atoms with Crippen LogP contribution in [0.2, 0.25) is 0 Å². The molecule has 146 valence electrons. The predicted molar refractivity (Wildman–Crippen MR) is 103 cm³/mol. The topological polar surface area (TPSA) is 78.4 Å². The van der Waals surface area contributed by atoms with E-state index in [9.17, 15) is 14.3 Å². The van der Waals surface area contributed by atoms with E-state index in [0.717, 1.165) is 5.56 Å². The molecule has 0 radical (unpaired) electrons. The lowest BCUT2D eigenvalue weighted by Gasteiger charge is -2.25. The Morgan fingerprint density at radius 3 is 2.81 bits per heavy atom. The number of halogens is 1. The first-order valence-electron chi connectivity index (χ1n) is 9.12. The standard InChI is InChI=1S/C19H25FN4O2S/c1-19(2,13-3-5-14(20)6-4-13)12-21-18-22-16(23-27-18)7-8-17(26)24-10-9-15(25)11-24/h3-6,15,25H,7-12H2,1-2H3,(H,21,22,23)/t15-/m1/s1. The summed E-state index contributed by atoms with van der Waals surface area (Å²) >= 11 is 1.28. The van der Waals surface area contributed by atoms with Gasteiger partial charge in [-0.2, -0.15) is 4.37 Å². The number of aryl methyl sites for hydroxylation is 1. The fraction of sp³-hybridized carbons (Fsp3) is 0.526. The van der Waals surface area contributed by atoms with Gasteiger partial charge in [-0.3, -0.25) is 4.79 Å². The van der Waals surface area contributed by atoms with E-state index >= 15 is 0 Å². The number of aliphatic hydroxyl groups is 1. The number of anilines is 1. The van der Waals surface area contributed by atoms with Crippen molar-refractivity contribution in [1.29, 1.82) is 0 Å². The number of nitrogens with one attached hydrogen (secondary N) is 1. The summed E-state index contributed by atoms with van der Waals surface area (Å²) in [7, 11) is 0. The molecule has 1 aromatic heterocycles. The maximum atomic E-state index is 13.1. The van der Waals surface area contributed by atoms with Crippen LogP contribution >= 0.6 is 11.5 Å². The number of amides is 1. The van der Waals surface area contributed by atoms with Crippen LogP contribution in [0, 0.1) is 5.82 Å². The second kappa shape index (κ2) is 8.31. The minimum atomic E-state index is -0.397. The summed E-state index contributed by atoms with van der Waals surface area (Å²) in [6.07, 6.45) is 1.10. The third kappa shape index (κ3) is 5.23. The summed E-state index contributed by atoms with van der Waals surface area (Å²) in [5, 5.41) is 13.5. The fourth-order valence-electron chi connectivity index (χ4n) is 3.07. The first-order chi connectivity index (χ1) is 12.8. The lowest BCUT2D eigenvalue weighted by Crippen LogP contribution is -2.29. The van der Waals surface area contributed by atoms with Crippen molar-refractivity contribution in [2.75, 3.05) is 25.0 Å². The molecule has 1 atom stereocenters. The highest BCUT2D eigenvalue weighted by atomic mass is 32.1. The molecule has 1 saturated heterocycles. The average Bonchev–Trinajstić information content (AvgIpc) is 3.27. The third-order valence-electron chi connectivity index (χ3n) is 4.85. The lowest BCUT2D eigenvalue weighted by molar-refractivity contribution is -0.130. The average molecular weight is 392 g/mol. The van der Waals surface area contributed by atoms with Gasteiger partial charge in [-0.05, 0) is 24.1 Å². The van der Waals surface area contributed by atoms with Gasteiger partial charge in [-0.25, -0.2) is 9.37 Å². The van der Waals surface area contributed by atoms with Gasteiger partial charge in [0.25, 0.3) is 0 Å². The number of rotatable bonds is 7. The molecule has 2 aromatic rings. The Kier molecular flexibility index (Phi) is 6.06. The van der Waals surface area contributed by atoms with Crippen molar-refractivity contribution in [2.24, 2.45) is 0 Å². The molecule has 27 heavy (non-hydrogen) atoms. The molecule has 1 aromatic carbocycles. The Balaban J connectivity index is 1.49. The summed E-state index contributed by atoms with van der Waals surface area (Å²) in [6.45, 7) is 5.85. The Morgan fingerprint density at radius 2 is 2.15 bits per heavy atom. The summed E-state index contributed by atoms with van der Waals surface area (Å²) in [4.78, 5) is 18.3. The molecule has 2 heterocycles. The molecule has 1 aliphatic heterocycles. The van der Waals surface area contributed by atoms with Crippen molar-refractivity contribution < 1.29 is 14.3 Å². The van der Waals surface area contributed by atoms with Crippen molar-refractivity contribution in [2.45, 2.75) is 44.6 Å². The number of carbonyl (C=O) groups is 1. The summed E-state index contributed by atoms with van der Waals surface area (Å²) in [5.41, 5.74) is 0.853. The first-order valence-corrected chi connectivity index (χ1v) is 9.89. The van der Waals surface area contributed by atoms with Gasteiger partial charge < -0.3 is 15.3 Å². The molecule has 0 spiro atoms. The van der Waals surface area contributed by atoms with Crippen LogP contribution in [-0.4, -0.2) is 51.0 Å². The molecule has 3 rings (SSSR count). The highest BCUT2D eigenvalue weighted by Gasteiger charge is 2.24. The molecule has 1 aliphatic rings. The van der Waals surface area contributed by atoms with Crippen LogP contribution in [0.5, 0.6) is 0 Å². The summed E-state index contributed by atoms with van der Waals surface area (Å²) < 4.78 is 17.4. The zero-order valence-electron chi connectivity index (χ0n) is 15.6. The molecule has 6 nitrogen and oxygen atoms in total. The highest BCUT2D eigenvalue weighted by Crippen LogP contribution is 2.24. The number of aliphatic hydroxyl groups excluding tert-OH is 1. The van der Waals surface area contributed by atoms with Gasteiger partial charge in [0.2, 0.25) is 11.0 Å². The van der Waals surface area contributed by atoms with E-state index in [2.05, 4.69) is 28.5 Å². The van der Waals surface area contributed by atoms with Gasteiger partial charge in [-0.15, -0.1) is 0 Å². The predicted octanol–water partition coefficient (Wildman–Crippen LogP) is 2.59. The number of aromatic nitrogens is 2. The van der Waals surface area contributed by atoms with Crippen LogP contribution in [0.15, 0.2) is 24.3 Å². The summed E-state index contributed by atoms with van der Waals surface area (Å²) in [6, 6.07) is 6.53. The number of carbonyl (C=O) groups excluding carboxylic acids is 1. The van der Waals surface area contributed by atoms with E-state index in [0.29, 0.717) is 49.9 Å². The van der Waals surface area contributed by atoms with Crippen molar-refractivity contribution in [3.05, 3.63) is 41.5 Å². The quantitative estimate of drug-likeness (QED) is 0.757. The largest absolute Gasteiger partial charge is 0.391 e. The number of likely N-dealkylation sites (tertiary alicyclic amines) is 1. The minimum absolute atomic E-state index is 0.0355. The van der Waals surface area contributed by atoms with Crippen LogP contribution in [0.3, 0.4) is 0 Å². The molecule has 0 saturated carbocycles. The molecule has 0 unspecified atom stereocenters. The fourth-order valence-corrected chi connectivity index (χ4v) is 3.68. The molecular weight excluding hydrogens is 367 g/mol. The monoisotopic (exact) mass is 392 g/mol. The second-order valence-corrected chi connectivity index (χ2v) is 8.29. The van der Waals surface area contributed by atoms with E-state index in [-0.39, 0.29) is 17.1 Å². The van der Waals surface area contributed by atoms with Gasteiger partial charge in [-0.1, -0.05) is 26.0 Å². The maximum absolute atomic E-state index is 13.1. The number of nitrogens with zero attached hydrogens (tertiary/aromatic N) is 3. The van der Waals surface area contributed by atoms with E-state index in [4.69, 9.17) is 0 Å². The van der Waals surface area contributed by atoms with Crippen LogP contribution in [-0.2, 0) is 16.6 Å². The van der Waals surface area contributed by atoms with E-state index in [1.54, 1.807) is 17.0 Å². The number of β-amino-alcohol motifs (C(OH)–C–C–N with tert-alkyl or cyclic N) is 1. The van der Waals surface area contributed by atoms with Gasteiger partial charge in [0.15, 0.2) is 0 Å². The summed E-state index contributed by atoms with van der Waals surface area (Å²) in [5.74, 6) is 0.442. The zero-order chi connectivity index (χ0) is 19.4. The second-order valence-electron chi connectivity index (χ2n) is 7.54. The van der Waals surface area contributed by atoms with Gasteiger partial charge in [0.05, 0.1) is 6.10 Å². The van der Waals surface area contributed by atoms with Crippen molar-refractivity contribution >= 4 is 22.6 Å². The number of hydrogen-bond donors (Lipinski definition) is 2. The number of hydrogen-bond acceptors (Lipinski definition) is 6. The molecule has 2 N–H and O–H groups in total. The minimum Gasteiger partial charge on any atom is -0.391 e. The van der Waals surface area contributed by atoms with Gasteiger partial charge >= 0.3 is 0 Å². The molecular formula is C19H25FN4O2S. The van der Waals surface area contributed by atoms with Gasteiger partial charge in [0, 0.05) is 49.4 Å². The van der Waals surface area contributed by atoms with E-state index in [1.807, 2.05) is 0 Å². The van der Waals surface area contributed by atoms with Crippen LogP contribution in [0.25, 0.3) is 0 Å². The van der Waals surface area contributed by atoms with Crippen molar-refractivity contribution in [3.63, 3.8) is 0 Å². The molecule has 1 amide bonds. The van der Waals surface area contributed by atoms with Gasteiger partial charge in [0.1, 0.15) is 11.6 Å². The SMILES string of the molecule is CC(C)(CNc1nc(CCC(=O)N2CC[C@@H](O)C2)ns1)c1ccc(F)cc1. The maximum Gasteiger partial charge on any atom is 0.223 e. The smallest absolute Gasteiger partial charge is 0.223 e. The normalized spacial score (nSPS) is 17.3. The Bertz CT molecular complexity index is 778. The lowest BCUT2D eigenvalue weighted by atomic mass is 9.85. The Labute approximate surface area is 162 Å². The van der Waals surface area contributed by atoms with Crippen LogP contribution < -0.4 is 5.32 Å². The highest BCUT2D eigenvalue weighted by molar-refractivity contribution is 7.09. The Hall–Kier alpha value is -2.06. The van der Waals surface area contributed by atoms with E-state index in [1.165, 1.54) is 23.7 Å². The zero-order valence-corrected chi connectivity index (χ0v) is 16.4. The number of benzene rings is 1. The molecule has 0 bridgehead atoms. The van der Waals surface area contributed by atoms with E-state index < -0.39 is 6.10 Å². The van der Waals surface area contributed by atoms with Crippen LogP contribution in [0.4, 0.5) is 9.52 Å². The van der Waals surface area contributed by atoms with Crippen molar-refractivity contribution in [3.8, 4) is 0 Å². The first kappa shape index (κ1) is 19.7. The van der Waals surface area contributed by atoms with Crippen molar-refractivity contribution in [1.82, 2.24) is 14.3 Å². The Morgan fingerprint density at radius 1 is 1.41 bits per heavy atom. The molecule has 8 heteroatoms. The van der Waals surface area contributed by atoms with Crippen LogP contribution in [0.1, 0.15) is 38.1 Å². The molecule has 1 fully saturated rings.